The van der Waals surface area contributed by atoms with Gasteiger partial charge in [-0.3, -0.25) is 4.72 Å². The second-order valence-corrected chi connectivity index (χ2v) is 6.43. The fourth-order valence-corrected chi connectivity index (χ4v) is 3.49. The fourth-order valence-electron chi connectivity index (χ4n) is 1.86. The molecule has 0 spiro atoms. The molecule has 0 unspecified atom stereocenters. The number of para-hydroxylation sites is 1. The molecular weight excluding hydrogens is 315 g/mol. The van der Waals surface area contributed by atoms with E-state index in [1.54, 1.807) is 25.2 Å². The minimum atomic E-state index is -3.88. The first kappa shape index (κ1) is 15.8. The molecule has 4 nitrogen and oxygen atoms in total. The van der Waals surface area contributed by atoms with Gasteiger partial charge in [-0.25, -0.2) is 12.8 Å². The Morgan fingerprint density at radius 2 is 1.90 bits per heavy atom. The summed E-state index contributed by atoms with van der Waals surface area (Å²) in [7, 11) is -2.11. The zero-order valence-corrected chi connectivity index (χ0v) is 12.8. The normalized spacial score (nSPS) is 11.4. The van der Waals surface area contributed by atoms with Gasteiger partial charge < -0.3 is 5.32 Å². The molecule has 0 fully saturated rings. The van der Waals surface area contributed by atoms with Crippen LogP contribution in [0.15, 0.2) is 47.4 Å². The van der Waals surface area contributed by atoms with Crippen molar-refractivity contribution in [3.8, 4) is 0 Å². The maximum atomic E-state index is 13.0. The van der Waals surface area contributed by atoms with Gasteiger partial charge in [-0.15, -0.1) is 0 Å². The van der Waals surface area contributed by atoms with Crippen LogP contribution >= 0.6 is 11.6 Å². The van der Waals surface area contributed by atoms with E-state index in [-0.39, 0.29) is 9.92 Å². The third kappa shape index (κ3) is 3.72. The molecule has 112 valence electrons. The first-order chi connectivity index (χ1) is 9.94. The van der Waals surface area contributed by atoms with E-state index < -0.39 is 15.8 Å². The summed E-state index contributed by atoms with van der Waals surface area (Å²) in [6, 6.07) is 10.2. The average molecular weight is 329 g/mol. The Bertz CT molecular complexity index is 750. The highest BCUT2D eigenvalue weighted by molar-refractivity contribution is 7.92. The van der Waals surface area contributed by atoms with Crippen LogP contribution in [0.4, 0.5) is 10.1 Å². The lowest BCUT2D eigenvalue weighted by molar-refractivity contribution is 0.599. The summed E-state index contributed by atoms with van der Waals surface area (Å²) in [5.41, 5.74) is 1.24. The smallest absolute Gasteiger partial charge is 0.263 e. The summed E-state index contributed by atoms with van der Waals surface area (Å²) in [6.07, 6.45) is 0. The molecule has 0 aliphatic carbocycles. The van der Waals surface area contributed by atoms with Crippen molar-refractivity contribution in [2.75, 3.05) is 11.8 Å². The number of hydrogen-bond donors (Lipinski definition) is 2. The van der Waals surface area contributed by atoms with Crippen LogP contribution in [-0.2, 0) is 16.6 Å². The topological polar surface area (TPSA) is 58.2 Å². The minimum Gasteiger partial charge on any atom is -0.316 e. The van der Waals surface area contributed by atoms with Crippen LogP contribution in [0.5, 0.6) is 0 Å². The molecule has 7 heteroatoms. The molecule has 0 aliphatic rings. The van der Waals surface area contributed by atoms with Gasteiger partial charge in [0.2, 0.25) is 0 Å². The standard InChI is InChI=1S/C14H14ClFN2O2S/c1-17-9-10-4-2-3-5-13(10)18-21(19,20)14-7-6-11(16)8-12(14)15/h2-8,17-18H,9H2,1H3. The molecule has 0 atom stereocenters. The highest BCUT2D eigenvalue weighted by atomic mass is 35.5. The van der Waals surface area contributed by atoms with Crippen molar-refractivity contribution in [2.24, 2.45) is 0 Å². The van der Waals surface area contributed by atoms with Gasteiger partial charge in [-0.2, -0.15) is 0 Å². The fraction of sp³-hybridized carbons (Fsp3) is 0.143. The first-order valence-electron chi connectivity index (χ1n) is 6.14. The van der Waals surface area contributed by atoms with E-state index in [9.17, 15) is 12.8 Å². The Labute approximate surface area is 128 Å². The van der Waals surface area contributed by atoms with Gasteiger partial charge in [0.15, 0.2) is 0 Å². The van der Waals surface area contributed by atoms with Crippen LogP contribution < -0.4 is 10.0 Å². The van der Waals surface area contributed by atoms with E-state index in [0.717, 1.165) is 23.8 Å². The predicted molar refractivity (Wildman–Crippen MR) is 81.4 cm³/mol. The predicted octanol–water partition coefficient (Wildman–Crippen LogP) is 3.00. The average Bonchev–Trinajstić information content (AvgIpc) is 2.40. The maximum absolute atomic E-state index is 13.0. The van der Waals surface area contributed by atoms with Crippen molar-refractivity contribution >= 4 is 27.3 Å². The molecule has 0 amide bonds. The van der Waals surface area contributed by atoms with E-state index >= 15 is 0 Å². The Morgan fingerprint density at radius 1 is 1.19 bits per heavy atom. The molecule has 0 heterocycles. The second-order valence-electron chi connectivity index (χ2n) is 4.37. The van der Waals surface area contributed by atoms with Crippen LogP contribution in [0.2, 0.25) is 5.02 Å². The molecule has 0 saturated carbocycles. The lowest BCUT2D eigenvalue weighted by atomic mass is 10.2. The summed E-state index contributed by atoms with van der Waals surface area (Å²) in [5, 5.41) is 2.80. The van der Waals surface area contributed by atoms with Crippen molar-refractivity contribution in [1.82, 2.24) is 5.32 Å². The SMILES string of the molecule is CNCc1ccccc1NS(=O)(=O)c1ccc(F)cc1Cl. The van der Waals surface area contributed by atoms with Gasteiger partial charge in [-0.05, 0) is 36.9 Å². The van der Waals surface area contributed by atoms with E-state index in [1.807, 2.05) is 6.07 Å². The van der Waals surface area contributed by atoms with E-state index in [1.165, 1.54) is 0 Å². The summed E-state index contributed by atoms with van der Waals surface area (Å²) in [6.45, 7) is 0.510. The van der Waals surface area contributed by atoms with Gasteiger partial charge in [0.1, 0.15) is 10.7 Å². The molecule has 21 heavy (non-hydrogen) atoms. The van der Waals surface area contributed by atoms with Crippen molar-refractivity contribution in [2.45, 2.75) is 11.4 Å². The highest BCUT2D eigenvalue weighted by Gasteiger charge is 2.19. The van der Waals surface area contributed by atoms with E-state index in [2.05, 4.69) is 10.0 Å². The van der Waals surface area contributed by atoms with Crippen LogP contribution in [0.25, 0.3) is 0 Å². The zero-order chi connectivity index (χ0) is 15.5. The van der Waals surface area contributed by atoms with Crippen LogP contribution in [0.1, 0.15) is 5.56 Å². The highest BCUT2D eigenvalue weighted by Crippen LogP contribution is 2.25. The molecule has 2 aromatic rings. The number of benzene rings is 2. The van der Waals surface area contributed by atoms with Crippen LogP contribution in [-0.4, -0.2) is 15.5 Å². The monoisotopic (exact) mass is 328 g/mol. The molecule has 2 rings (SSSR count). The molecule has 0 radical (unpaired) electrons. The molecule has 0 saturated heterocycles. The number of rotatable bonds is 5. The summed E-state index contributed by atoms with van der Waals surface area (Å²) < 4.78 is 40.2. The number of hydrogen-bond acceptors (Lipinski definition) is 3. The number of sulfonamides is 1. The summed E-state index contributed by atoms with van der Waals surface area (Å²) in [4.78, 5) is -0.162. The number of halogens is 2. The molecule has 0 aliphatic heterocycles. The number of nitrogens with one attached hydrogen (secondary N) is 2. The molecule has 2 N–H and O–H groups in total. The molecule has 0 bridgehead atoms. The van der Waals surface area contributed by atoms with E-state index in [4.69, 9.17) is 11.6 Å². The summed E-state index contributed by atoms with van der Waals surface area (Å²) in [5.74, 6) is -0.588. The van der Waals surface area contributed by atoms with Crippen LogP contribution in [0.3, 0.4) is 0 Å². The molecule has 0 aromatic heterocycles. The molecular formula is C14H14ClFN2O2S. The third-order valence-electron chi connectivity index (χ3n) is 2.81. The lowest BCUT2D eigenvalue weighted by Gasteiger charge is -2.13. The van der Waals surface area contributed by atoms with Gasteiger partial charge in [-0.1, -0.05) is 29.8 Å². The van der Waals surface area contributed by atoms with Gasteiger partial charge in [0, 0.05) is 6.54 Å². The zero-order valence-electron chi connectivity index (χ0n) is 11.2. The van der Waals surface area contributed by atoms with Crippen LogP contribution in [0, 0.1) is 5.82 Å². The van der Waals surface area contributed by atoms with Gasteiger partial charge in [0.05, 0.1) is 10.7 Å². The Hall–Kier alpha value is -1.63. The van der Waals surface area contributed by atoms with Crippen molar-refractivity contribution < 1.29 is 12.8 Å². The largest absolute Gasteiger partial charge is 0.316 e. The Morgan fingerprint density at radius 3 is 2.57 bits per heavy atom. The quantitative estimate of drug-likeness (QED) is 0.887. The van der Waals surface area contributed by atoms with Crippen molar-refractivity contribution in [3.63, 3.8) is 0 Å². The Balaban J connectivity index is 2.38. The van der Waals surface area contributed by atoms with Gasteiger partial charge in [0.25, 0.3) is 10.0 Å². The Kier molecular flexibility index (Phi) is 4.82. The third-order valence-corrected chi connectivity index (χ3v) is 4.66. The number of anilines is 1. The lowest BCUT2D eigenvalue weighted by Crippen LogP contribution is -2.16. The first-order valence-corrected chi connectivity index (χ1v) is 8.00. The molecule has 2 aromatic carbocycles. The second kappa shape index (κ2) is 6.43. The van der Waals surface area contributed by atoms with Gasteiger partial charge >= 0.3 is 0 Å². The van der Waals surface area contributed by atoms with Crippen molar-refractivity contribution in [3.05, 3.63) is 58.9 Å². The minimum absolute atomic E-state index is 0.159. The van der Waals surface area contributed by atoms with E-state index in [0.29, 0.717) is 12.2 Å². The summed E-state index contributed by atoms with van der Waals surface area (Å²) >= 11 is 5.81. The maximum Gasteiger partial charge on any atom is 0.263 e. The van der Waals surface area contributed by atoms with Crippen molar-refractivity contribution in [1.29, 1.82) is 0 Å².